The van der Waals surface area contributed by atoms with Crippen LogP contribution in [-0.4, -0.2) is 11.1 Å². The lowest BCUT2D eigenvalue weighted by atomic mass is 10.00. The predicted molar refractivity (Wildman–Crippen MR) is 70.3 cm³/mol. The van der Waals surface area contributed by atoms with Crippen molar-refractivity contribution in [2.75, 3.05) is 0 Å². The lowest BCUT2D eigenvalue weighted by Crippen LogP contribution is -2.03. The number of carboxylic acid groups (broad SMARTS) is 1. The van der Waals surface area contributed by atoms with Gasteiger partial charge in [0.05, 0.1) is 5.56 Å². The van der Waals surface area contributed by atoms with Crippen molar-refractivity contribution in [2.45, 2.75) is 6.42 Å². The Kier molecular flexibility index (Phi) is 3.59. The molecule has 0 radical (unpaired) electrons. The Morgan fingerprint density at radius 1 is 1.06 bits per heavy atom. The van der Waals surface area contributed by atoms with Gasteiger partial charge in [-0.3, -0.25) is 0 Å². The summed E-state index contributed by atoms with van der Waals surface area (Å²) in [4.78, 5) is 11.1. The van der Waals surface area contributed by atoms with Gasteiger partial charge in [0.15, 0.2) is 0 Å². The molecule has 0 amide bonds. The van der Waals surface area contributed by atoms with Crippen molar-refractivity contribution in [3.63, 3.8) is 0 Å². The van der Waals surface area contributed by atoms with Crippen LogP contribution in [0.25, 0.3) is 0 Å². The number of aromatic carboxylic acids is 1. The van der Waals surface area contributed by atoms with Gasteiger partial charge in [0.25, 0.3) is 0 Å². The molecule has 17 heavy (non-hydrogen) atoms. The molecule has 1 N–H and O–H groups in total. The number of rotatable bonds is 3. The van der Waals surface area contributed by atoms with E-state index in [2.05, 4.69) is 15.9 Å². The molecule has 86 valence electrons. The van der Waals surface area contributed by atoms with E-state index in [1.807, 2.05) is 36.4 Å². The summed E-state index contributed by atoms with van der Waals surface area (Å²) in [7, 11) is 0. The van der Waals surface area contributed by atoms with Crippen molar-refractivity contribution in [3.05, 3.63) is 69.7 Å². The highest BCUT2D eigenvalue weighted by Crippen LogP contribution is 2.23. The highest BCUT2D eigenvalue weighted by molar-refractivity contribution is 9.10. The monoisotopic (exact) mass is 290 g/mol. The second-order valence-electron chi connectivity index (χ2n) is 3.73. The number of halogens is 1. The zero-order chi connectivity index (χ0) is 12.3. The zero-order valence-corrected chi connectivity index (χ0v) is 10.6. The minimum absolute atomic E-state index is 0.350. The molecule has 2 aromatic rings. The van der Waals surface area contributed by atoms with E-state index in [1.165, 1.54) is 0 Å². The van der Waals surface area contributed by atoms with Crippen LogP contribution in [0.3, 0.4) is 0 Å². The molecule has 0 atom stereocenters. The molecule has 0 heterocycles. The van der Waals surface area contributed by atoms with E-state index < -0.39 is 5.97 Å². The molecule has 3 heteroatoms. The Balaban J connectivity index is 2.41. The SMILES string of the molecule is O=C(O)c1cccc(Br)c1Cc1ccccc1. The molecule has 0 aliphatic rings. The van der Waals surface area contributed by atoms with E-state index in [0.717, 1.165) is 15.6 Å². The normalized spacial score (nSPS) is 10.2. The molecule has 0 aromatic heterocycles. The summed E-state index contributed by atoms with van der Waals surface area (Å²) in [5.74, 6) is -0.891. The van der Waals surface area contributed by atoms with E-state index in [1.54, 1.807) is 12.1 Å². The van der Waals surface area contributed by atoms with Gasteiger partial charge in [0.1, 0.15) is 0 Å². The molecule has 0 saturated carbocycles. The van der Waals surface area contributed by atoms with Crippen LogP contribution >= 0.6 is 15.9 Å². The van der Waals surface area contributed by atoms with Gasteiger partial charge in [-0.2, -0.15) is 0 Å². The highest BCUT2D eigenvalue weighted by Gasteiger charge is 2.12. The maximum atomic E-state index is 11.1. The summed E-state index contributed by atoms with van der Waals surface area (Å²) in [6, 6.07) is 15.1. The van der Waals surface area contributed by atoms with Gasteiger partial charge in [0, 0.05) is 4.47 Å². The minimum atomic E-state index is -0.891. The molecule has 0 aliphatic carbocycles. The number of carbonyl (C=O) groups is 1. The largest absolute Gasteiger partial charge is 0.478 e. The lowest BCUT2D eigenvalue weighted by molar-refractivity contribution is 0.0696. The highest BCUT2D eigenvalue weighted by atomic mass is 79.9. The summed E-state index contributed by atoms with van der Waals surface area (Å²) in [5.41, 5.74) is 2.26. The number of hydrogen-bond acceptors (Lipinski definition) is 1. The molecule has 0 aliphatic heterocycles. The number of hydrogen-bond donors (Lipinski definition) is 1. The van der Waals surface area contributed by atoms with Gasteiger partial charge in [0.2, 0.25) is 0 Å². The maximum absolute atomic E-state index is 11.1. The van der Waals surface area contributed by atoms with E-state index in [9.17, 15) is 4.79 Å². The zero-order valence-electron chi connectivity index (χ0n) is 9.06. The fourth-order valence-electron chi connectivity index (χ4n) is 1.74. The maximum Gasteiger partial charge on any atom is 0.336 e. The molecule has 2 rings (SSSR count). The summed E-state index contributed by atoms with van der Waals surface area (Å²) >= 11 is 3.41. The summed E-state index contributed by atoms with van der Waals surface area (Å²) in [5, 5.41) is 9.15. The molecule has 0 fully saturated rings. The van der Waals surface area contributed by atoms with Crippen LogP contribution < -0.4 is 0 Å². The molecular formula is C14H11BrO2. The molecule has 0 unspecified atom stereocenters. The van der Waals surface area contributed by atoms with Crippen molar-refractivity contribution in [1.82, 2.24) is 0 Å². The molecule has 2 aromatic carbocycles. The quantitative estimate of drug-likeness (QED) is 0.935. The van der Waals surface area contributed by atoms with Gasteiger partial charge in [-0.05, 0) is 29.7 Å². The van der Waals surface area contributed by atoms with Crippen LogP contribution in [0.1, 0.15) is 21.5 Å². The molecule has 2 nitrogen and oxygen atoms in total. The van der Waals surface area contributed by atoms with Gasteiger partial charge in [-0.15, -0.1) is 0 Å². The van der Waals surface area contributed by atoms with Crippen molar-refractivity contribution in [2.24, 2.45) is 0 Å². The van der Waals surface area contributed by atoms with Crippen molar-refractivity contribution in [1.29, 1.82) is 0 Å². The third kappa shape index (κ3) is 2.74. The fourth-order valence-corrected chi connectivity index (χ4v) is 2.25. The van der Waals surface area contributed by atoms with Crippen molar-refractivity contribution < 1.29 is 9.90 Å². The first-order valence-corrected chi connectivity index (χ1v) is 6.02. The molecule has 0 saturated heterocycles. The predicted octanol–water partition coefficient (Wildman–Crippen LogP) is 3.74. The Bertz CT molecular complexity index is 535. The van der Waals surface area contributed by atoms with E-state index in [4.69, 9.17) is 5.11 Å². The second kappa shape index (κ2) is 5.15. The fraction of sp³-hybridized carbons (Fsp3) is 0.0714. The molecule has 0 bridgehead atoms. The molecular weight excluding hydrogens is 280 g/mol. The standard InChI is InChI=1S/C14H11BrO2/c15-13-8-4-7-11(14(16)17)12(13)9-10-5-2-1-3-6-10/h1-8H,9H2,(H,16,17). The molecule has 0 spiro atoms. The third-order valence-electron chi connectivity index (χ3n) is 2.57. The average Bonchev–Trinajstić information content (AvgIpc) is 2.33. The van der Waals surface area contributed by atoms with E-state index >= 15 is 0 Å². The summed E-state index contributed by atoms with van der Waals surface area (Å²) in [6.07, 6.45) is 0.615. The van der Waals surface area contributed by atoms with E-state index in [-0.39, 0.29) is 0 Å². The number of carboxylic acids is 1. The van der Waals surface area contributed by atoms with Crippen LogP contribution in [-0.2, 0) is 6.42 Å². The Morgan fingerprint density at radius 2 is 1.76 bits per heavy atom. The topological polar surface area (TPSA) is 37.3 Å². The summed E-state index contributed by atoms with van der Waals surface area (Å²) < 4.78 is 0.834. The van der Waals surface area contributed by atoms with Crippen LogP contribution in [0, 0.1) is 0 Å². The first-order valence-electron chi connectivity index (χ1n) is 5.23. The third-order valence-corrected chi connectivity index (χ3v) is 3.32. The van der Waals surface area contributed by atoms with Gasteiger partial charge < -0.3 is 5.11 Å². The van der Waals surface area contributed by atoms with Gasteiger partial charge in [-0.1, -0.05) is 52.3 Å². The Morgan fingerprint density at radius 3 is 2.41 bits per heavy atom. The van der Waals surface area contributed by atoms with Crippen LogP contribution in [0.2, 0.25) is 0 Å². The Labute approximate surface area is 108 Å². The van der Waals surface area contributed by atoms with E-state index in [0.29, 0.717) is 12.0 Å². The van der Waals surface area contributed by atoms with Gasteiger partial charge >= 0.3 is 5.97 Å². The summed E-state index contributed by atoms with van der Waals surface area (Å²) in [6.45, 7) is 0. The first-order chi connectivity index (χ1) is 8.18. The number of benzene rings is 2. The van der Waals surface area contributed by atoms with Crippen molar-refractivity contribution in [3.8, 4) is 0 Å². The van der Waals surface area contributed by atoms with Crippen molar-refractivity contribution >= 4 is 21.9 Å². The average molecular weight is 291 g/mol. The van der Waals surface area contributed by atoms with Crippen LogP contribution in [0.5, 0.6) is 0 Å². The first kappa shape index (κ1) is 11.9. The minimum Gasteiger partial charge on any atom is -0.478 e. The lowest BCUT2D eigenvalue weighted by Gasteiger charge is -2.08. The Hall–Kier alpha value is -1.61. The van der Waals surface area contributed by atoms with Crippen LogP contribution in [0.15, 0.2) is 53.0 Å². The smallest absolute Gasteiger partial charge is 0.336 e. The van der Waals surface area contributed by atoms with Crippen LogP contribution in [0.4, 0.5) is 0 Å². The van der Waals surface area contributed by atoms with Gasteiger partial charge in [-0.25, -0.2) is 4.79 Å². The second-order valence-corrected chi connectivity index (χ2v) is 4.59.